The lowest BCUT2D eigenvalue weighted by Crippen LogP contribution is -2.41. The maximum Gasteiger partial charge on any atom is 0.269 e. The molecule has 0 aliphatic rings. The van der Waals surface area contributed by atoms with Crippen LogP contribution in [0.5, 0.6) is 5.75 Å². The van der Waals surface area contributed by atoms with Crippen LogP contribution >= 0.6 is 11.6 Å². The van der Waals surface area contributed by atoms with E-state index in [0.717, 1.165) is 16.9 Å². The summed E-state index contributed by atoms with van der Waals surface area (Å²) in [5, 5.41) is 0.653. The molecule has 0 aromatic heterocycles. The van der Waals surface area contributed by atoms with Gasteiger partial charge in [-0.3, -0.25) is 20.4 Å². The van der Waals surface area contributed by atoms with Crippen LogP contribution < -0.4 is 15.6 Å². The molecule has 0 heterocycles. The Morgan fingerprint density at radius 1 is 0.833 bits per heavy atom. The number of carbonyl (C=O) groups excluding carboxylic acids is 2. The van der Waals surface area contributed by atoms with Gasteiger partial charge in [-0.1, -0.05) is 53.6 Å². The molecule has 3 aromatic rings. The van der Waals surface area contributed by atoms with Gasteiger partial charge in [0.2, 0.25) is 5.91 Å². The highest BCUT2D eigenvalue weighted by Crippen LogP contribution is 2.17. The Morgan fingerprint density at radius 2 is 1.47 bits per heavy atom. The molecular weight excluding hydrogens is 400 g/mol. The Bertz CT molecular complexity index is 984. The summed E-state index contributed by atoms with van der Waals surface area (Å²) in [6.45, 7) is 2.39. The van der Waals surface area contributed by atoms with Crippen LogP contribution in [-0.4, -0.2) is 11.8 Å². The van der Waals surface area contributed by atoms with E-state index < -0.39 is 0 Å². The average molecular weight is 423 g/mol. The highest BCUT2D eigenvalue weighted by molar-refractivity contribution is 6.30. The molecule has 0 atom stereocenters. The molecule has 0 spiro atoms. The second kappa shape index (κ2) is 10.5. The zero-order valence-electron chi connectivity index (χ0n) is 16.7. The first-order valence-electron chi connectivity index (χ1n) is 9.61. The number of ether oxygens (including phenoxy) is 1. The number of amides is 2. The molecule has 6 heteroatoms. The van der Waals surface area contributed by atoms with Gasteiger partial charge in [0, 0.05) is 17.0 Å². The van der Waals surface area contributed by atoms with Gasteiger partial charge < -0.3 is 4.74 Å². The topological polar surface area (TPSA) is 67.4 Å². The van der Waals surface area contributed by atoms with E-state index in [1.54, 1.807) is 36.4 Å². The monoisotopic (exact) mass is 422 g/mol. The second-order valence-corrected chi connectivity index (χ2v) is 7.36. The molecule has 0 bridgehead atoms. The Morgan fingerprint density at radius 3 is 2.13 bits per heavy atom. The van der Waals surface area contributed by atoms with Crippen molar-refractivity contribution < 1.29 is 14.3 Å². The minimum Gasteiger partial charge on any atom is -0.489 e. The van der Waals surface area contributed by atoms with Crippen LogP contribution in [0.25, 0.3) is 0 Å². The van der Waals surface area contributed by atoms with E-state index in [1.165, 1.54) is 5.56 Å². The summed E-state index contributed by atoms with van der Waals surface area (Å²) in [6.07, 6.45) is 0.911. The number of carbonyl (C=O) groups is 2. The second-order valence-electron chi connectivity index (χ2n) is 6.93. The largest absolute Gasteiger partial charge is 0.489 e. The van der Waals surface area contributed by atoms with Crippen molar-refractivity contribution in [2.45, 2.75) is 26.4 Å². The third kappa shape index (κ3) is 6.64. The Hall–Kier alpha value is -3.31. The van der Waals surface area contributed by atoms with Crippen molar-refractivity contribution in [2.75, 3.05) is 0 Å². The molecule has 0 fully saturated rings. The Balaban J connectivity index is 1.41. The number of halogens is 1. The van der Waals surface area contributed by atoms with Crippen molar-refractivity contribution in [1.29, 1.82) is 0 Å². The predicted octanol–water partition coefficient (Wildman–Crippen LogP) is 4.62. The zero-order valence-corrected chi connectivity index (χ0v) is 17.4. The molecule has 3 rings (SSSR count). The van der Waals surface area contributed by atoms with E-state index in [4.69, 9.17) is 16.3 Å². The maximum atomic E-state index is 12.2. The average Bonchev–Trinajstić information content (AvgIpc) is 2.77. The number of rotatable bonds is 7. The maximum absolute atomic E-state index is 12.2. The molecule has 154 valence electrons. The summed E-state index contributed by atoms with van der Waals surface area (Å²) in [6, 6.07) is 22.1. The fourth-order valence-electron chi connectivity index (χ4n) is 2.72. The van der Waals surface area contributed by atoms with E-state index in [0.29, 0.717) is 30.0 Å². The van der Waals surface area contributed by atoms with Gasteiger partial charge >= 0.3 is 0 Å². The molecule has 0 unspecified atom stereocenters. The molecule has 0 saturated carbocycles. The summed E-state index contributed by atoms with van der Waals surface area (Å²) in [5.41, 5.74) is 8.53. The molecule has 2 N–H and O–H groups in total. The summed E-state index contributed by atoms with van der Waals surface area (Å²) >= 11 is 5.85. The fourth-order valence-corrected chi connectivity index (χ4v) is 2.85. The standard InChI is InChI=1S/C24H23ClN2O3/c1-17-2-4-18(5-3-17)8-15-23(28)26-27-24(29)20-9-6-19(7-10-20)16-30-22-13-11-21(25)12-14-22/h2-7,9-14H,8,15-16H2,1H3,(H,26,28)(H,27,29). The number of hydrazine groups is 1. The molecular formula is C24H23ClN2O3. The molecule has 2 amide bonds. The Labute approximate surface area is 181 Å². The number of hydrogen-bond donors (Lipinski definition) is 2. The minimum absolute atomic E-state index is 0.239. The molecule has 0 aliphatic heterocycles. The smallest absolute Gasteiger partial charge is 0.269 e. The van der Waals surface area contributed by atoms with E-state index in [-0.39, 0.29) is 11.8 Å². The molecule has 0 aliphatic carbocycles. The van der Waals surface area contributed by atoms with Crippen molar-refractivity contribution in [1.82, 2.24) is 10.9 Å². The van der Waals surface area contributed by atoms with Gasteiger partial charge in [0.05, 0.1) is 0 Å². The molecule has 5 nitrogen and oxygen atoms in total. The van der Waals surface area contributed by atoms with E-state index >= 15 is 0 Å². The van der Waals surface area contributed by atoms with Crippen molar-refractivity contribution >= 4 is 23.4 Å². The van der Waals surface area contributed by atoms with Crippen molar-refractivity contribution in [2.24, 2.45) is 0 Å². The normalized spacial score (nSPS) is 10.3. The third-order valence-electron chi connectivity index (χ3n) is 4.51. The van der Waals surface area contributed by atoms with E-state index in [9.17, 15) is 9.59 Å². The summed E-state index contributed by atoms with van der Waals surface area (Å²) in [7, 11) is 0. The van der Waals surface area contributed by atoms with E-state index in [2.05, 4.69) is 10.9 Å². The lowest BCUT2D eigenvalue weighted by molar-refractivity contribution is -0.121. The van der Waals surface area contributed by atoms with Crippen molar-refractivity contribution in [3.63, 3.8) is 0 Å². The van der Waals surface area contributed by atoms with Crippen LogP contribution in [0.1, 0.15) is 33.5 Å². The first kappa shape index (κ1) is 21.4. The van der Waals surface area contributed by atoms with E-state index in [1.807, 2.05) is 43.3 Å². The predicted molar refractivity (Wildman–Crippen MR) is 117 cm³/mol. The SMILES string of the molecule is Cc1ccc(CCC(=O)NNC(=O)c2ccc(COc3ccc(Cl)cc3)cc2)cc1. The van der Waals surface area contributed by atoms with Crippen LogP contribution in [0, 0.1) is 6.92 Å². The third-order valence-corrected chi connectivity index (χ3v) is 4.76. The van der Waals surface area contributed by atoms with Crippen LogP contribution in [0.2, 0.25) is 5.02 Å². The highest BCUT2D eigenvalue weighted by atomic mass is 35.5. The quantitative estimate of drug-likeness (QED) is 0.546. The molecule has 0 saturated heterocycles. The Kier molecular flexibility index (Phi) is 7.46. The van der Waals surface area contributed by atoms with Gasteiger partial charge in [-0.25, -0.2) is 0 Å². The number of hydrogen-bond acceptors (Lipinski definition) is 3. The van der Waals surface area contributed by atoms with Crippen LogP contribution in [-0.2, 0) is 17.8 Å². The van der Waals surface area contributed by atoms with Crippen LogP contribution in [0.15, 0.2) is 72.8 Å². The van der Waals surface area contributed by atoms with Gasteiger partial charge in [-0.15, -0.1) is 0 Å². The minimum atomic E-state index is -0.371. The fraction of sp³-hybridized carbons (Fsp3) is 0.167. The zero-order chi connectivity index (χ0) is 21.3. The number of nitrogens with one attached hydrogen (secondary N) is 2. The summed E-state index contributed by atoms with van der Waals surface area (Å²) in [4.78, 5) is 24.2. The number of aryl methyl sites for hydroxylation is 2. The van der Waals surface area contributed by atoms with Crippen LogP contribution in [0.4, 0.5) is 0 Å². The van der Waals surface area contributed by atoms with Gasteiger partial charge in [-0.05, 0) is 60.9 Å². The number of benzene rings is 3. The van der Waals surface area contributed by atoms with Gasteiger partial charge in [0.15, 0.2) is 0 Å². The van der Waals surface area contributed by atoms with Crippen LogP contribution in [0.3, 0.4) is 0 Å². The lowest BCUT2D eigenvalue weighted by atomic mass is 10.1. The highest BCUT2D eigenvalue weighted by Gasteiger charge is 2.08. The van der Waals surface area contributed by atoms with Gasteiger partial charge in [0.25, 0.3) is 5.91 Å². The first-order valence-corrected chi connectivity index (χ1v) is 9.99. The van der Waals surface area contributed by atoms with Gasteiger partial charge in [-0.2, -0.15) is 0 Å². The summed E-state index contributed by atoms with van der Waals surface area (Å²) < 4.78 is 5.68. The van der Waals surface area contributed by atoms with Gasteiger partial charge in [0.1, 0.15) is 12.4 Å². The molecule has 0 radical (unpaired) electrons. The lowest BCUT2D eigenvalue weighted by Gasteiger charge is -2.09. The first-order chi connectivity index (χ1) is 14.5. The van der Waals surface area contributed by atoms with Crippen molar-refractivity contribution in [3.05, 3.63) is 100 Å². The van der Waals surface area contributed by atoms with Crippen molar-refractivity contribution in [3.8, 4) is 5.75 Å². The summed E-state index contributed by atoms with van der Waals surface area (Å²) in [5.74, 6) is 0.107. The molecule has 30 heavy (non-hydrogen) atoms. The molecule has 3 aromatic carbocycles.